The Morgan fingerprint density at radius 3 is 1.94 bits per heavy atom. The van der Waals surface area contributed by atoms with Gasteiger partial charge in [-0.05, 0) is 40.2 Å². The summed E-state index contributed by atoms with van der Waals surface area (Å²) in [7, 11) is -2.76. The molecule has 4 nitrogen and oxygen atoms in total. The number of ether oxygens (including phenoxy) is 2. The van der Waals surface area contributed by atoms with E-state index in [9.17, 15) is 4.79 Å². The van der Waals surface area contributed by atoms with Crippen molar-refractivity contribution in [2.75, 3.05) is 6.61 Å². The molecule has 0 spiro atoms. The summed E-state index contributed by atoms with van der Waals surface area (Å²) >= 11 is 0. The van der Waals surface area contributed by atoms with E-state index in [1.165, 1.54) is 15.9 Å². The second kappa shape index (κ2) is 12.0. The van der Waals surface area contributed by atoms with Crippen LogP contribution in [0, 0.1) is 0 Å². The van der Waals surface area contributed by atoms with Gasteiger partial charge in [-0.2, -0.15) is 0 Å². The zero-order chi connectivity index (χ0) is 25.4. The van der Waals surface area contributed by atoms with Crippen LogP contribution in [-0.2, 0) is 25.3 Å². The molecule has 190 valence electrons. The molecule has 1 fully saturated rings. The van der Waals surface area contributed by atoms with Gasteiger partial charge in [-0.3, -0.25) is 4.79 Å². The first kappa shape index (κ1) is 26.3. The number of rotatable bonds is 11. The molecule has 5 heteroatoms. The molecular weight excluding hydrogens is 464 g/mol. The van der Waals surface area contributed by atoms with E-state index < -0.39 is 8.32 Å². The van der Waals surface area contributed by atoms with E-state index in [0.29, 0.717) is 26.1 Å². The Hall–Kier alpha value is -2.73. The second-order valence-electron chi connectivity index (χ2n) is 10.6. The third-order valence-corrected chi connectivity index (χ3v) is 12.0. The molecule has 0 amide bonds. The molecule has 1 aliphatic rings. The Balaban J connectivity index is 1.59. The number of carbonyl (C=O) groups excluding carboxylic acids is 1. The molecule has 0 aromatic heterocycles. The molecule has 0 radical (unpaired) electrons. The lowest BCUT2D eigenvalue weighted by molar-refractivity contribution is -0.145. The molecule has 0 aliphatic carbocycles. The van der Waals surface area contributed by atoms with Gasteiger partial charge in [-0.1, -0.05) is 112 Å². The monoisotopic (exact) mass is 502 g/mol. The van der Waals surface area contributed by atoms with Crippen LogP contribution in [0.2, 0.25) is 5.04 Å². The van der Waals surface area contributed by atoms with Gasteiger partial charge in [0, 0.05) is 13.0 Å². The summed E-state index contributed by atoms with van der Waals surface area (Å²) in [6.45, 7) is 8.06. The van der Waals surface area contributed by atoms with E-state index in [1.54, 1.807) is 0 Å². The minimum atomic E-state index is -2.76. The molecule has 2 atom stereocenters. The highest BCUT2D eigenvalue weighted by atomic mass is 28.4. The average molecular weight is 503 g/mol. The molecule has 0 saturated carbocycles. The van der Waals surface area contributed by atoms with E-state index in [-0.39, 0.29) is 23.2 Å². The minimum Gasteiger partial charge on any atom is -0.460 e. The number of benzene rings is 3. The largest absolute Gasteiger partial charge is 0.460 e. The highest BCUT2D eigenvalue weighted by Crippen LogP contribution is 2.39. The van der Waals surface area contributed by atoms with Crippen molar-refractivity contribution in [1.82, 2.24) is 0 Å². The van der Waals surface area contributed by atoms with Crippen LogP contribution in [0.25, 0.3) is 0 Å². The maximum atomic E-state index is 12.1. The Morgan fingerprint density at radius 2 is 1.44 bits per heavy atom. The summed E-state index contributed by atoms with van der Waals surface area (Å²) in [5, 5.41) is 2.33. The summed E-state index contributed by atoms with van der Waals surface area (Å²) in [6.07, 6.45) is 2.35. The summed E-state index contributed by atoms with van der Waals surface area (Å²) in [4.78, 5) is 12.1. The topological polar surface area (TPSA) is 44.8 Å². The summed E-state index contributed by atoms with van der Waals surface area (Å²) in [5.41, 5.74) is 1.17. The molecule has 36 heavy (non-hydrogen) atoms. The van der Waals surface area contributed by atoms with E-state index in [0.717, 1.165) is 12.8 Å². The number of carbonyl (C=O) groups is 1. The molecule has 0 N–H and O–H groups in total. The van der Waals surface area contributed by atoms with Crippen LogP contribution in [0.5, 0.6) is 0 Å². The van der Waals surface area contributed by atoms with Gasteiger partial charge >= 0.3 is 5.97 Å². The molecule has 3 aromatic carbocycles. The average Bonchev–Trinajstić information content (AvgIpc) is 3.33. The minimum absolute atomic E-state index is 0.128. The normalized spacial score (nSPS) is 17.1. The van der Waals surface area contributed by atoms with E-state index in [1.807, 2.05) is 18.2 Å². The first-order chi connectivity index (χ1) is 17.4. The lowest BCUT2D eigenvalue weighted by Gasteiger charge is -2.46. The van der Waals surface area contributed by atoms with Crippen molar-refractivity contribution in [2.45, 2.75) is 70.3 Å². The van der Waals surface area contributed by atoms with Gasteiger partial charge in [0.25, 0.3) is 8.32 Å². The number of esters is 1. The van der Waals surface area contributed by atoms with Crippen molar-refractivity contribution >= 4 is 24.7 Å². The lowest BCUT2D eigenvalue weighted by Crippen LogP contribution is -2.68. The van der Waals surface area contributed by atoms with E-state index in [2.05, 4.69) is 93.6 Å². The molecule has 4 rings (SSSR count). The molecule has 0 bridgehead atoms. The van der Waals surface area contributed by atoms with Crippen LogP contribution >= 0.6 is 0 Å². The van der Waals surface area contributed by atoms with Crippen LogP contribution in [0.3, 0.4) is 0 Å². The van der Waals surface area contributed by atoms with Gasteiger partial charge in [0.05, 0.1) is 12.7 Å². The Bertz CT molecular complexity index is 1040. The summed E-state index contributed by atoms with van der Waals surface area (Å²) in [6, 6.07) is 31.5. The van der Waals surface area contributed by atoms with Crippen molar-refractivity contribution in [1.29, 1.82) is 0 Å². The SMILES string of the molecule is CC(C)(C)[Si](O[C@@H](CCCOCc1ccccc1)[C@@H]1CCC(=O)O1)(c1ccccc1)c1ccccc1. The number of hydrogen-bond donors (Lipinski definition) is 0. The van der Waals surface area contributed by atoms with Crippen LogP contribution in [0.15, 0.2) is 91.0 Å². The first-order valence-corrected chi connectivity index (χ1v) is 14.9. The first-order valence-electron chi connectivity index (χ1n) is 13.0. The molecule has 0 unspecified atom stereocenters. The fourth-order valence-electron chi connectivity index (χ4n) is 5.20. The van der Waals surface area contributed by atoms with E-state index >= 15 is 0 Å². The van der Waals surface area contributed by atoms with Gasteiger partial charge in [0.2, 0.25) is 0 Å². The Labute approximate surface area is 216 Å². The van der Waals surface area contributed by atoms with Gasteiger partial charge in [-0.25, -0.2) is 0 Å². The summed E-state index contributed by atoms with van der Waals surface area (Å²) < 4.78 is 19.1. The molecule has 1 aliphatic heterocycles. The van der Waals surface area contributed by atoms with Crippen LogP contribution in [-0.4, -0.2) is 33.1 Å². The maximum Gasteiger partial charge on any atom is 0.306 e. The van der Waals surface area contributed by atoms with Crippen molar-refractivity contribution in [3.05, 3.63) is 96.6 Å². The van der Waals surface area contributed by atoms with Gasteiger partial charge in [0.1, 0.15) is 6.10 Å². The van der Waals surface area contributed by atoms with Crippen molar-refractivity contribution in [2.24, 2.45) is 0 Å². The highest BCUT2D eigenvalue weighted by molar-refractivity contribution is 6.99. The predicted molar refractivity (Wildman–Crippen MR) is 147 cm³/mol. The maximum absolute atomic E-state index is 12.1. The standard InChI is InChI=1S/C31H38O4Si/c1-31(2,3)36(26-16-9-5-10-17-26,27-18-11-6-12-19-27)35-29(28-21-22-30(32)34-28)20-13-23-33-24-25-14-7-4-8-15-25/h4-12,14-19,28-29H,13,20-24H2,1-3H3/t28-,29-/m0/s1. The Morgan fingerprint density at radius 1 is 0.889 bits per heavy atom. The third-order valence-electron chi connectivity index (χ3n) is 6.96. The quantitative estimate of drug-likeness (QED) is 0.194. The summed E-state index contributed by atoms with van der Waals surface area (Å²) in [5.74, 6) is -0.128. The zero-order valence-electron chi connectivity index (χ0n) is 21.7. The Kier molecular flexibility index (Phi) is 8.78. The molecule has 1 heterocycles. The molecule has 3 aromatic rings. The predicted octanol–water partition coefficient (Wildman–Crippen LogP) is 5.63. The molecule has 1 saturated heterocycles. The van der Waals surface area contributed by atoms with Gasteiger partial charge in [0.15, 0.2) is 0 Å². The van der Waals surface area contributed by atoms with Crippen LogP contribution in [0.4, 0.5) is 0 Å². The number of hydrogen-bond acceptors (Lipinski definition) is 4. The lowest BCUT2D eigenvalue weighted by atomic mass is 10.1. The van der Waals surface area contributed by atoms with Gasteiger partial charge < -0.3 is 13.9 Å². The van der Waals surface area contributed by atoms with Crippen molar-refractivity contribution < 1.29 is 18.7 Å². The zero-order valence-corrected chi connectivity index (χ0v) is 22.7. The smallest absolute Gasteiger partial charge is 0.306 e. The highest BCUT2D eigenvalue weighted by Gasteiger charge is 2.52. The van der Waals surface area contributed by atoms with Gasteiger partial charge in [-0.15, -0.1) is 0 Å². The fraction of sp³-hybridized carbons (Fsp3) is 0.387. The number of cyclic esters (lactones) is 1. The van der Waals surface area contributed by atoms with Crippen molar-refractivity contribution in [3.8, 4) is 0 Å². The third kappa shape index (κ3) is 6.15. The van der Waals surface area contributed by atoms with Crippen molar-refractivity contribution in [3.63, 3.8) is 0 Å². The van der Waals surface area contributed by atoms with Crippen LogP contribution < -0.4 is 10.4 Å². The molecular formula is C31H38O4Si. The van der Waals surface area contributed by atoms with Crippen LogP contribution in [0.1, 0.15) is 52.0 Å². The second-order valence-corrected chi connectivity index (χ2v) is 14.8. The van der Waals surface area contributed by atoms with E-state index in [4.69, 9.17) is 13.9 Å². The fourth-order valence-corrected chi connectivity index (χ4v) is 9.94.